The van der Waals surface area contributed by atoms with E-state index >= 15 is 0 Å². The average molecular weight is 398 g/mol. The van der Waals surface area contributed by atoms with Gasteiger partial charge in [0.25, 0.3) is 0 Å². The summed E-state index contributed by atoms with van der Waals surface area (Å²) in [4.78, 5) is 27.5. The molecule has 0 spiro atoms. The number of piperidine rings is 1. The quantitative estimate of drug-likeness (QED) is 0.666. The van der Waals surface area contributed by atoms with Crippen LogP contribution in [0.15, 0.2) is 18.2 Å². The standard InChI is InChI=1S/C19H28ClN3O4/c1-3-23(13-19(25)26)15-6-9-22(10-7-15)11-8-18(24)21-16-12-14(20)4-5-17(16)27-2/h4-5,12,15H,3,6-11,13H2,1-2H3,(H,21,24)(H,25,26). The zero-order valence-corrected chi connectivity index (χ0v) is 16.7. The molecule has 0 aliphatic carbocycles. The number of amides is 1. The van der Waals surface area contributed by atoms with Gasteiger partial charge in [0.1, 0.15) is 5.75 Å². The number of halogens is 1. The van der Waals surface area contributed by atoms with Gasteiger partial charge in [-0.1, -0.05) is 18.5 Å². The fraction of sp³-hybridized carbons (Fsp3) is 0.579. The van der Waals surface area contributed by atoms with Crippen LogP contribution in [-0.2, 0) is 9.59 Å². The van der Waals surface area contributed by atoms with E-state index in [1.165, 1.54) is 0 Å². The van der Waals surface area contributed by atoms with Gasteiger partial charge in [0.15, 0.2) is 0 Å². The van der Waals surface area contributed by atoms with Gasteiger partial charge in [0.05, 0.1) is 19.3 Å². The molecule has 8 heteroatoms. The zero-order valence-electron chi connectivity index (χ0n) is 15.9. The molecule has 0 unspecified atom stereocenters. The number of benzene rings is 1. The second kappa shape index (κ2) is 10.5. The number of nitrogens with zero attached hydrogens (tertiary/aromatic N) is 2. The summed E-state index contributed by atoms with van der Waals surface area (Å²) in [5.41, 5.74) is 0.570. The minimum Gasteiger partial charge on any atom is -0.495 e. The monoisotopic (exact) mass is 397 g/mol. The van der Waals surface area contributed by atoms with Crippen molar-refractivity contribution in [3.05, 3.63) is 23.2 Å². The van der Waals surface area contributed by atoms with Crippen LogP contribution in [0.5, 0.6) is 5.75 Å². The summed E-state index contributed by atoms with van der Waals surface area (Å²) >= 11 is 5.98. The van der Waals surface area contributed by atoms with Gasteiger partial charge in [-0.3, -0.25) is 14.5 Å². The molecule has 2 N–H and O–H groups in total. The Bertz CT molecular complexity index is 648. The molecule has 1 heterocycles. The van der Waals surface area contributed by atoms with Gasteiger partial charge in [-0.25, -0.2) is 0 Å². The first-order chi connectivity index (χ1) is 12.9. The highest BCUT2D eigenvalue weighted by Gasteiger charge is 2.25. The average Bonchev–Trinajstić information content (AvgIpc) is 2.65. The molecular formula is C19H28ClN3O4. The third-order valence-electron chi connectivity index (χ3n) is 4.91. The van der Waals surface area contributed by atoms with Crippen LogP contribution < -0.4 is 10.1 Å². The maximum Gasteiger partial charge on any atom is 0.317 e. The number of nitrogens with one attached hydrogen (secondary N) is 1. The van der Waals surface area contributed by atoms with E-state index in [9.17, 15) is 9.59 Å². The van der Waals surface area contributed by atoms with E-state index in [0.717, 1.165) is 32.5 Å². The molecule has 1 amide bonds. The van der Waals surface area contributed by atoms with Crippen molar-refractivity contribution in [2.24, 2.45) is 0 Å². The van der Waals surface area contributed by atoms with E-state index in [1.54, 1.807) is 25.3 Å². The molecule has 1 aromatic carbocycles. The highest BCUT2D eigenvalue weighted by molar-refractivity contribution is 6.31. The number of anilines is 1. The summed E-state index contributed by atoms with van der Waals surface area (Å²) in [5.74, 6) is -0.294. The van der Waals surface area contributed by atoms with Crippen molar-refractivity contribution >= 4 is 29.2 Å². The van der Waals surface area contributed by atoms with Crippen LogP contribution in [0.1, 0.15) is 26.2 Å². The predicted molar refractivity (Wildman–Crippen MR) is 106 cm³/mol. The number of likely N-dealkylation sites (tertiary alicyclic amines) is 1. The Balaban J connectivity index is 1.77. The lowest BCUT2D eigenvalue weighted by molar-refractivity contribution is -0.139. The number of rotatable bonds is 9. The first-order valence-electron chi connectivity index (χ1n) is 9.24. The number of carbonyl (C=O) groups excluding carboxylic acids is 1. The molecule has 0 saturated carbocycles. The number of hydrogen-bond acceptors (Lipinski definition) is 5. The molecule has 7 nitrogen and oxygen atoms in total. The van der Waals surface area contributed by atoms with Crippen molar-refractivity contribution in [3.63, 3.8) is 0 Å². The Labute approximate surface area is 165 Å². The molecule has 1 saturated heterocycles. The maximum atomic E-state index is 12.3. The Morgan fingerprint density at radius 1 is 1.37 bits per heavy atom. The second-order valence-corrected chi connectivity index (χ2v) is 7.11. The fourth-order valence-electron chi connectivity index (χ4n) is 3.43. The van der Waals surface area contributed by atoms with Crippen LogP contribution >= 0.6 is 11.6 Å². The van der Waals surface area contributed by atoms with Crippen LogP contribution in [-0.4, -0.2) is 72.7 Å². The fourth-order valence-corrected chi connectivity index (χ4v) is 3.60. The predicted octanol–water partition coefficient (Wildman–Crippen LogP) is 2.55. The van der Waals surface area contributed by atoms with E-state index in [-0.39, 0.29) is 12.5 Å². The van der Waals surface area contributed by atoms with E-state index in [0.29, 0.717) is 35.5 Å². The largest absolute Gasteiger partial charge is 0.495 e. The highest BCUT2D eigenvalue weighted by Crippen LogP contribution is 2.27. The molecule has 1 aliphatic heterocycles. The Hall–Kier alpha value is -1.83. The summed E-state index contributed by atoms with van der Waals surface area (Å²) in [6, 6.07) is 5.40. The third-order valence-corrected chi connectivity index (χ3v) is 5.14. The van der Waals surface area contributed by atoms with Crippen LogP contribution in [0.3, 0.4) is 0 Å². The molecule has 150 valence electrons. The van der Waals surface area contributed by atoms with E-state index in [2.05, 4.69) is 10.2 Å². The number of carbonyl (C=O) groups is 2. The van der Waals surface area contributed by atoms with Crippen molar-refractivity contribution in [1.29, 1.82) is 0 Å². The smallest absolute Gasteiger partial charge is 0.317 e. The summed E-state index contributed by atoms with van der Waals surface area (Å²) in [6.07, 6.45) is 2.22. The van der Waals surface area contributed by atoms with Gasteiger partial charge in [-0.05, 0) is 50.7 Å². The van der Waals surface area contributed by atoms with E-state index in [4.69, 9.17) is 21.4 Å². The molecule has 1 aromatic rings. The normalized spacial score (nSPS) is 15.7. The summed E-state index contributed by atoms with van der Waals surface area (Å²) in [6.45, 7) is 5.23. The Morgan fingerprint density at radius 2 is 2.07 bits per heavy atom. The van der Waals surface area contributed by atoms with Crippen LogP contribution in [0.2, 0.25) is 5.02 Å². The number of methoxy groups -OCH3 is 1. The minimum absolute atomic E-state index is 0.0845. The third kappa shape index (κ3) is 6.68. The van der Waals surface area contributed by atoms with E-state index in [1.807, 2.05) is 11.8 Å². The Kier molecular flexibility index (Phi) is 8.34. The van der Waals surface area contributed by atoms with Crippen LogP contribution in [0.4, 0.5) is 5.69 Å². The van der Waals surface area contributed by atoms with Crippen molar-refractivity contribution < 1.29 is 19.4 Å². The summed E-state index contributed by atoms with van der Waals surface area (Å²) in [5, 5.41) is 12.4. The maximum absolute atomic E-state index is 12.3. The molecule has 0 bridgehead atoms. The molecule has 27 heavy (non-hydrogen) atoms. The topological polar surface area (TPSA) is 82.1 Å². The van der Waals surface area contributed by atoms with Gasteiger partial charge in [0.2, 0.25) is 5.91 Å². The van der Waals surface area contributed by atoms with Crippen LogP contribution in [0.25, 0.3) is 0 Å². The first-order valence-corrected chi connectivity index (χ1v) is 9.62. The molecule has 1 fully saturated rings. The van der Waals surface area contributed by atoms with Gasteiger partial charge in [0, 0.05) is 24.0 Å². The number of carboxylic acid groups (broad SMARTS) is 1. The molecular weight excluding hydrogens is 370 g/mol. The van der Waals surface area contributed by atoms with Crippen molar-refractivity contribution in [2.45, 2.75) is 32.2 Å². The zero-order chi connectivity index (χ0) is 19.8. The van der Waals surface area contributed by atoms with Crippen LogP contribution in [0, 0.1) is 0 Å². The van der Waals surface area contributed by atoms with Gasteiger partial charge in [-0.15, -0.1) is 0 Å². The molecule has 0 radical (unpaired) electrons. The molecule has 0 aromatic heterocycles. The minimum atomic E-state index is -0.785. The number of carboxylic acids is 1. The molecule has 0 atom stereocenters. The highest BCUT2D eigenvalue weighted by atomic mass is 35.5. The lowest BCUT2D eigenvalue weighted by Crippen LogP contribution is -2.47. The number of hydrogen-bond donors (Lipinski definition) is 2. The van der Waals surface area contributed by atoms with Gasteiger partial charge < -0.3 is 20.1 Å². The lowest BCUT2D eigenvalue weighted by Gasteiger charge is -2.37. The number of ether oxygens (including phenoxy) is 1. The lowest BCUT2D eigenvalue weighted by atomic mass is 10.0. The number of aliphatic carboxylic acids is 1. The van der Waals surface area contributed by atoms with E-state index < -0.39 is 5.97 Å². The second-order valence-electron chi connectivity index (χ2n) is 6.67. The van der Waals surface area contributed by atoms with Gasteiger partial charge >= 0.3 is 5.97 Å². The van der Waals surface area contributed by atoms with Crippen molar-refractivity contribution in [1.82, 2.24) is 9.80 Å². The first kappa shape index (κ1) is 21.5. The van der Waals surface area contributed by atoms with Gasteiger partial charge in [-0.2, -0.15) is 0 Å². The van der Waals surface area contributed by atoms with Crippen molar-refractivity contribution in [3.8, 4) is 5.75 Å². The SMILES string of the molecule is CCN(CC(=O)O)C1CCN(CCC(=O)Nc2cc(Cl)ccc2OC)CC1. The number of likely N-dealkylation sites (N-methyl/N-ethyl adjacent to an activating group) is 1. The summed E-state index contributed by atoms with van der Waals surface area (Å²) in [7, 11) is 1.55. The Morgan fingerprint density at radius 3 is 2.67 bits per heavy atom. The summed E-state index contributed by atoms with van der Waals surface area (Å²) < 4.78 is 5.24. The van der Waals surface area contributed by atoms with Crippen molar-refractivity contribution in [2.75, 3.05) is 45.2 Å². The molecule has 1 aliphatic rings. The molecule has 2 rings (SSSR count).